The summed E-state index contributed by atoms with van der Waals surface area (Å²) in [5, 5.41) is 0. The van der Waals surface area contributed by atoms with Gasteiger partial charge in [0.25, 0.3) is 0 Å². The van der Waals surface area contributed by atoms with Crippen molar-refractivity contribution < 1.29 is 4.74 Å². The number of hydrogen-bond donors (Lipinski definition) is 1. The molecule has 0 aliphatic rings. The van der Waals surface area contributed by atoms with Crippen LogP contribution >= 0.6 is 0 Å². The minimum Gasteiger partial charge on any atom is -0.379 e. The van der Waals surface area contributed by atoms with E-state index in [1.54, 1.807) is 7.11 Å². The molecule has 1 unspecified atom stereocenters. The molecule has 15 heavy (non-hydrogen) atoms. The van der Waals surface area contributed by atoms with Crippen molar-refractivity contribution in [2.45, 2.75) is 33.8 Å². The van der Waals surface area contributed by atoms with Gasteiger partial charge in [-0.25, -0.2) is 0 Å². The summed E-state index contributed by atoms with van der Waals surface area (Å²) in [6, 6.07) is 0. The number of hydrogen-bond acceptors (Lipinski definition) is 3. The molecule has 0 aliphatic carbocycles. The third kappa shape index (κ3) is 7.77. The molecule has 0 saturated carbocycles. The fraction of sp³-hybridized carbons (Fsp3) is 1.00. The Kier molecular flexibility index (Phi) is 8.02. The Morgan fingerprint density at radius 1 is 1.00 bits per heavy atom. The summed E-state index contributed by atoms with van der Waals surface area (Å²) in [7, 11) is 1.74. The normalized spacial score (nSPS) is 14.2. The number of rotatable bonds is 8. The number of nitrogens with zero attached hydrogens (tertiary/aromatic N) is 1. The first kappa shape index (κ1) is 14.9. The average Bonchev–Trinajstić information content (AvgIpc) is 2.11. The first-order chi connectivity index (χ1) is 6.99. The van der Waals surface area contributed by atoms with Gasteiger partial charge in [0.2, 0.25) is 0 Å². The third-order valence-electron chi connectivity index (χ3n) is 2.30. The minimum absolute atomic E-state index is 0.169. The van der Waals surface area contributed by atoms with E-state index in [1.807, 2.05) is 0 Å². The van der Waals surface area contributed by atoms with E-state index in [0.29, 0.717) is 18.4 Å². The molecule has 0 radical (unpaired) electrons. The third-order valence-corrected chi connectivity index (χ3v) is 2.30. The van der Waals surface area contributed by atoms with Crippen LogP contribution in [0.5, 0.6) is 0 Å². The van der Waals surface area contributed by atoms with Gasteiger partial charge in [0.15, 0.2) is 0 Å². The van der Waals surface area contributed by atoms with Gasteiger partial charge in [0, 0.05) is 33.3 Å². The van der Waals surface area contributed by atoms with Crippen molar-refractivity contribution in [1.82, 2.24) is 4.90 Å². The fourth-order valence-corrected chi connectivity index (χ4v) is 1.79. The summed E-state index contributed by atoms with van der Waals surface area (Å²) in [5.41, 5.74) is 5.64. The zero-order valence-corrected chi connectivity index (χ0v) is 11.0. The SMILES string of the molecule is COC(CN)CN(CC(C)C)CC(C)C. The molecule has 3 nitrogen and oxygen atoms in total. The van der Waals surface area contributed by atoms with E-state index in [9.17, 15) is 0 Å². The smallest absolute Gasteiger partial charge is 0.0820 e. The predicted molar refractivity (Wildman–Crippen MR) is 66.0 cm³/mol. The molecule has 0 amide bonds. The van der Waals surface area contributed by atoms with Gasteiger partial charge in [-0.3, -0.25) is 0 Å². The molecular weight excluding hydrogens is 188 g/mol. The van der Waals surface area contributed by atoms with Crippen LogP contribution in [0.2, 0.25) is 0 Å². The Morgan fingerprint density at radius 2 is 1.47 bits per heavy atom. The maximum absolute atomic E-state index is 5.64. The Bertz CT molecular complexity index is 135. The van der Waals surface area contributed by atoms with Crippen molar-refractivity contribution in [3.63, 3.8) is 0 Å². The second-order valence-corrected chi connectivity index (χ2v) is 5.10. The molecule has 3 heteroatoms. The van der Waals surface area contributed by atoms with E-state index in [-0.39, 0.29) is 6.10 Å². The zero-order chi connectivity index (χ0) is 11.8. The van der Waals surface area contributed by atoms with Crippen LogP contribution in [0.4, 0.5) is 0 Å². The second kappa shape index (κ2) is 8.08. The topological polar surface area (TPSA) is 38.5 Å². The van der Waals surface area contributed by atoms with E-state index in [4.69, 9.17) is 10.5 Å². The molecule has 1 atom stereocenters. The van der Waals surface area contributed by atoms with Gasteiger partial charge in [-0.05, 0) is 11.8 Å². The van der Waals surface area contributed by atoms with Crippen molar-refractivity contribution in [2.24, 2.45) is 17.6 Å². The lowest BCUT2D eigenvalue weighted by Gasteiger charge is -2.29. The lowest BCUT2D eigenvalue weighted by molar-refractivity contribution is 0.0617. The predicted octanol–water partition coefficient (Wildman–Crippen LogP) is 1.57. The summed E-state index contributed by atoms with van der Waals surface area (Å²) in [5.74, 6) is 1.39. The largest absolute Gasteiger partial charge is 0.379 e. The van der Waals surface area contributed by atoms with Crippen molar-refractivity contribution in [3.05, 3.63) is 0 Å². The molecule has 92 valence electrons. The van der Waals surface area contributed by atoms with Crippen LogP contribution in [0.1, 0.15) is 27.7 Å². The van der Waals surface area contributed by atoms with E-state index < -0.39 is 0 Å². The highest BCUT2D eigenvalue weighted by atomic mass is 16.5. The average molecular weight is 216 g/mol. The van der Waals surface area contributed by atoms with Crippen LogP contribution in [-0.4, -0.2) is 44.3 Å². The Balaban J connectivity index is 4.09. The molecule has 2 N–H and O–H groups in total. The van der Waals surface area contributed by atoms with Crippen LogP contribution < -0.4 is 5.73 Å². The first-order valence-corrected chi connectivity index (χ1v) is 5.94. The number of nitrogens with two attached hydrogens (primary N) is 1. The maximum Gasteiger partial charge on any atom is 0.0820 e. The molecule has 0 aromatic rings. The second-order valence-electron chi connectivity index (χ2n) is 5.10. The van der Waals surface area contributed by atoms with Gasteiger partial charge < -0.3 is 15.4 Å². The Morgan fingerprint density at radius 3 is 1.73 bits per heavy atom. The van der Waals surface area contributed by atoms with Crippen molar-refractivity contribution in [1.29, 1.82) is 0 Å². The lowest BCUT2D eigenvalue weighted by atomic mass is 10.1. The standard InChI is InChI=1S/C12H28N2O/c1-10(2)7-14(8-11(3)4)9-12(6-13)15-5/h10-12H,6-9,13H2,1-5H3. The van der Waals surface area contributed by atoms with E-state index in [0.717, 1.165) is 19.6 Å². The van der Waals surface area contributed by atoms with Gasteiger partial charge in [-0.15, -0.1) is 0 Å². The summed E-state index contributed by atoms with van der Waals surface area (Å²) in [4.78, 5) is 2.45. The summed E-state index contributed by atoms with van der Waals surface area (Å²) in [6.07, 6.45) is 0.169. The molecule has 0 rings (SSSR count). The highest BCUT2D eigenvalue weighted by Crippen LogP contribution is 2.05. The number of ether oxygens (including phenoxy) is 1. The summed E-state index contributed by atoms with van der Waals surface area (Å²) in [6.45, 7) is 12.8. The summed E-state index contributed by atoms with van der Waals surface area (Å²) >= 11 is 0. The molecule has 0 heterocycles. The van der Waals surface area contributed by atoms with Gasteiger partial charge >= 0.3 is 0 Å². The number of methoxy groups -OCH3 is 1. The Hall–Kier alpha value is -0.120. The van der Waals surface area contributed by atoms with E-state index >= 15 is 0 Å². The molecule has 0 spiro atoms. The van der Waals surface area contributed by atoms with Crippen molar-refractivity contribution >= 4 is 0 Å². The molecular formula is C12H28N2O. The highest BCUT2D eigenvalue weighted by Gasteiger charge is 2.14. The highest BCUT2D eigenvalue weighted by molar-refractivity contribution is 4.69. The van der Waals surface area contributed by atoms with Gasteiger partial charge in [0.05, 0.1) is 6.10 Å². The quantitative estimate of drug-likeness (QED) is 0.669. The fourth-order valence-electron chi connectivity index (χ4n) is 1.79. The zero-order valence-electron chi connectivity index (χ0n) is 11.0. The van der Waals surface area contributed by atoms with Crippen LogP contribution in [0.25, 0.3) is 0 Å². The lowest BCUT2D eigenvalue weighted by Crippen LogP contribution is -2.41. The van der Waals surface area contributed by atoms with Crippen LogP contribution in [0.15, 0.2) is 0 Å². The first-order valence-electron chi connectivity index (χ1n) is 5.94. The molecule has 0 aromatic carbocycles. The van der Waals surface area contributed by atoms with Gasteiger partial charge in [-0.2, -0.15) is 0 Å². The van der Waals surface area contributed by atoms with Gasteiger partial charge in [-0.1, -0.05) is 27.7 Å². The Labute approximate surface area is 95.0 Å². The summed E-state index contributed by atoms with van der Waals surface area (Å²) < 4.78 is 5.33. The molecule has 0 fully saturated rings. The maximum atomic E-state index is 5.64. The molecule has 0 aromatic heterocycles. The van der Waals surface area contributed by atoms with Gasteiger partial charge in [0.1, 0.15) is 0 Å². The molecule has 0 bridgehead atoms. The monoisotopic (exact) mass is 216 g/mol. The van der Waals surface area contributed by atoms with E-state index in [1.165, 1.54) is 0 Å². The van der Waals surface area contributed by atoms with E-state index in [2.05, 4.69) is 32.6 Å². The van der Waals surface area contributed by atoms with Crippen LogP contribution in [0.3, 0.4) is 0 Å². The van der Waals surface area contributed by atoms with Crippen molar-refractivity contribution in [2.75, 3.05) is 33.3 Å². The minimum atomic E-state index is 0.169. The van der Waals surface area contributed by atoms with Crippen LogP contribution in [-0.2, 0) is 4.74 Å². The van der Waals surface area contributed by atoms with Crippen molar-refractivity contribution in [3.8, 4) is 0 Å². The van der Waals surface area contributed by atoms with Crippen LogP contribution in [0, 0.1) is 11.8 Å². The molecule has 0 saturated heterocycles. The molecule has 0 aliphatic heterocycles.